The summed E-state index contributed by atoms with van der Waals surface area (Å²) in [5, 5.41) is 7.43. The third-order valence-corrected chi connectivity index (χ3v) is 6.72. The quantitative estimate of drug-likeness (QED) is 0.270. The summed E-state index contributed by atoms with van der Waals surface area (Å²) in [4.78, 5) is 23.6. The second-order valence-electron chi connectivity index (χ2n) is 10.8. The Kier molecular flexibility index (Phi) is 23.6. The number of carbonyl (C=O) groups is 2. The van der Waals surface area contributed by atoms with E-state index in [1.165, 1.54) is 35.1 Å². The number of nitrogens with one attached hydrogen (secondary N) is 2. The number of amides is 1. The number of primary amides is 1. The largest absolute Gasteiger partial charge is 0.497 e. The molecule has 0 saturated heterocycles. The number of aryl methyl sites for hydroxylation is 2. The molecule has 0 saturated carbocycles. The number of aldehydes is 1. The lowest BCUT2D eigenvalue weighted by molar-refractivity contribution is -0.123. The Labute approximate surface area is 262 Å². The zero-order valence-electron chi connectivity index (χ0n) is 28.0. The van der Waals surface area contributed by atoms with E-state index in [1.54, 1.807) is 19.5 Å². The molecular weight excluding hydrogens is 544 g/mol. The van der Waals surface area contributed by atoms with Crippen molar-refractivity contribution in [2.45, 2.75) is 86.4 Å². The van der Waals surface area contributed by atoms with Gasteiger partial charge in [0.15, 0.2) is 0 Å². The van der Waals surface area contributed by atoms with Gasteiger partial charge >= 0.3 is 0 Å². The first-order chi connectivity index (χ1) is 19.9. The Bertz CT molecular complexity index is 1020. The van der Waals surface area contributed by atoms with Crippen LogP contribution in [0.1, 0.15) is 70.2 Å². The maximum Gasteiger partial charge on any atom is 0.235 e. The Hall–Kier alpha value is -2.65. The standard InChI is InChI=1S/C12H16N2O2.C10H14.C7H15NO.C3H7NS.C2H6/c1-14-7-9-5-10(16-2)4-3-8(9)6-11(14)12(13)15;1-3-6-10-8-5-4-7-9(10)2;1-7(2,3)6(5-9)8-4;1-4-2-3-5;1-2/h3-5,11H,6-7H2,1-2H3,(H2,13,15);4-5,7-8H,3,6H2,1-2H3;5-6,8H,1-4H3;3-4H,2H2,1H3;1-2H3. The first-order valence-electron chi connectivity index (χ1n) is 14.8. The van der Waals surface area contributed by atoms with Crippen LogP contribution in [0.25, 0.3) is 0 Å². The lowest BCUT2D eigenvalue weighted by Crippen LogP contribution is -2.46. The van der Waals surface area contributed by atoms with E-state index in [2.05, 4.69) is 61.0 Å². The highest BCUT2D eigenvalue weighted by Gasteiger charge is 2.27. The third kappa shape index (κ3) is 16.7. The van der Waals surface area contributed by atoms with Crippen LogP contribution in [0.3, 0.4) is 0 Å². The van der Waals surface area contributed by atoms with Crippen LogP contribution < -0.4 is 21.1 Å². The van der Waals surface area contributed by atoms with Crippen LogP contribution in [-0.2, 0) is 29.0 Å². The third-order valence-electron chi connectivity index (χ3n) is 6.56. The Morgan fingerprint density at radius 2 is 1.79 bits per heavy atom. The molecule has 8 heteroatoms. The predicted molar refractivity (Wildman–Crippen MR) is 184 cm³/mol. The number of carbonyl (C=O) groups excluding carboxylic acids is 2. The zero-order chi connectivity index (χ0) is 32.7. The van der Waals surface area contributed by atoms with Crippen molar-refractivity contribution in [3.05, 3.63) is 64.7 Å². The maximum atomic E-state index is 11.3. The summed E-state index contributed by atoms with van der Waals surface area (Å²) in [6.45, 7) is 16.0. The molecule has 0 aliphatic carbocycles. The monoisotopic (exact) mass is 602 g/mol. The average Bonchev–Trinajstić information content (AvgIpc) is 2.96. The number of ether oxygens (including phenoxy) is 1. The molecule has 2 atom stereocenters. The number of hydrogen-bond acceptors (Lipinski definition) is 7. The molecule has 3 rings (SSSR count). The number of nitrogens with zero attached hydrogens (tertiary/aromatic N) is 1. The Balaban J connectivity index is 0. The molecule has 0 radical (unpaired) electrons. The molecule has 1 aliphatic rings. The van der Waals surface area contributed by atoms with Gasteiger partial charge in [-0.2, -0.15) is 0 Å². The molecule has 0 spiro atoms. The molecule has 1 heterocycles. The molecule has 2 unspecified atom stereocenters. The van der Waals surface area contributed by atoms with Crippen LogP contribution in [0.4, 0.5) is 0 Å². The van der Waals surface area contributed by atoms with Crippen molar-refractivity contribution in [3.63, 3.8) is 0 Å². The van der Waals surface area contributed by atoms with Crippen LogP contribution in [0, 0.1) is 12.3 Å². The van der Waals surface area contributed by atoms with Gasteiger partial charge in [0, 0.05) is 13.1 Å². The van der Waals surface area contributed by atoms with E-state index < -0.39 is 0 Å². The number of nitrogens with two attached hydrogens (primary N) is 1. The van der Waals surface area contributed by atoms with Crippen LogP contribution in [-0.4, -0.2) is 69.3 Å². The van der Waals surface area contributed by atoms with Crippen LogP contribution >= 0.6 is 12.2 Å². The van der Waals surface area contributed by atoms with Crippen molar-refractivity contribution in [1.29, 1.82) is 0 Å². The highest BCUT2D eigenvalue weighted by molar-refractivity contribution is 7.79. The van der Waals surface area contributed by atoms with Gasteiger partial charge in [0.2, 0.25) is 5.91 Å². The molecule has 1 amide bonds. The van der Waals surface area contributed by atoms with Crippen LogP contribution in [0.5, 0.6) is 5.75 Å². The van der Waals surface area contributed by atoms with E-state index in [0.29, 0.717) is 6.42 Å². The Morgan fingerprint density at radius 1 is 1.17 bits per heavy atom. The normalized spacial score (nSPS) is 14.3. The number of benzene rings is 2. The summed E-state index contributed by atoms with van der Waals surface area (Å²) in [5.74, 6) is 0.591. The van der Waals surface area contributed by atoms with Gasteiger partial charge in [-0.05, 0) is 86.1 Å². The van der Waals surface area contributed by atoms with E-state index in [4.69, 9.17) is 10.5 Å². The van der Waals surface area contributed by atoms with E-state index in [1.807, 2.05) is 71.8 Å². The van der Waals surface area contributed by atoms with Crippen molar-refractivity contribution in [3.8, 4) is 5.75 Å². The van der Waals surface area contributed by atoms with Crippen molar-refractivity contribution in [2.24, 2.45) is 11.1 Å². The van der Waals surface area contributed by atoms with Crippen molar-refractivity contribution in [1.82, 2.24) is 15.5 Å². The van der Waals surface area contributed by atoms with Gasteiger partial charge in [0.25, 0.3) is 0 Å². The van der Waals surface area contributed by atoms with Crippen molar-refractivity contribution >= 4 is 29.8 Å². The molecular formula is C34H58N4O3S. The van der Waals surface area contributed by atoms with E-state index in [9.17, 15) is 9.59 Å². The first kappa shape index (κ1) is 41.5. The summed E-state index contributed by atoms with van der Waals surface area (Å²) < 4.78 is 5.18. The minimum Gasteiger partial charge on any atom is -0.497 e. The summed E-state index contributed by atoms with van der Waals surface area (Å²) in [5.41, 5.74) is 10.7. The van der Waals surface area contributed by atoms with Gasteiger partial charge in [0.05, 0.1) is 19.2 Å². The summed E-state index contributed by atoms with van der Waals surface area (Å²) in [7, 11) is 7.23. The molecule has 0 aromatic heterocycles. The molecule has 4 N–H and O–H groups in total. The highest BCUT2D eigenvalue weighted by atomic mass is 32.1. The SMILES string of the molecule is CC.CCCc1ccccc1C.CNC(C=O)C(C)(C)C.CNCC=S.COc1ccc2c(c1)CN(C)C(C(N)=O)C2. The second-order valence-corrected chi connectivity index (χ2v) is 11.2. The average molecular weight is 603 g/mol. The molecule has 1 aliphatic heterocycles. The van der Waals surface area contributed by atoms with Gasteiger partial charge in [-0.15, -0.1) is 0 Å². The number of likely N-dealkylation sites (N-methyl/N-ethyl adjacent to an activating group) is 2. The molecule has 2 aromatic rings. The minimum atomic E-state index is -0.260. The minimum absolute atomic E-state index is 0.0301. The lowest BCUT2D eigenvalue weighted by Gasteiger charge is -2.32. The van der Waals surface area contributed by atoms with Crippen LogP contribution in [0.2, 0.25) is 0 Å². The lowest BCUT2D eigenvalue weighted by atomic mass is 9.88. The van der Waals surface area contributed by atoms with Crippen molar-refractivity contribution in [2.75, 3.05) is 34.8 Å². The van der Waals surface area contributed by atoms with Crippen LogP contribution in [0.15, 0.2) is 42.5 Å². The fourth-order valence-corrected chi connectivity index (χ4v) is 4.25. The number of rotatable bonds is 8. The number of thiocarbonyl (C=S) groups is 1. The number of methoxy groups -OCH3 is 1. The molecule has 238 valence electrons. The smallest absolute Gasteiger partial charge is 0.235 e. The fraction of sp³-hybridized carbons (Fsp3) is 0.559. The highest BCUT2D eigenvalue weighted by Crippen LogP contribution is 2.25. The van der Waals surface area contributed by atoms with E-state index in [-0.39, 0.29) is 23.4 Å². The van der Waals surface area contributed by atoms with E-state index in [0.717, 1.165) is 25.1 Å². The zero-order valence-corrected chi connectivity index (χ0v) is 28.9. The van der Waals surface area contributed by atoms with Gasteiger partial charge in [0.1, 0.15) is 12.0 Å². The summed E-state index contributed by atoms with van der Waals surface area (Å²) in [6.07, 6.45) is 4.09. The molecule has 2 aromatic carbocycles. The van der Waals surface area contributed by atoms with Gasteiger partial charge in [-0.25, -0.2) is 0 Å². The number of fused-ring (bicyclic) bond motifs is 1. The molecule has 42 heavy (non-hydrogen) atoms. The van der Waals surface area contributed by atoms with Gasteiger partial charge in [-0.3, -0.25) is 9.69 Å². The molecule has 0 fully saturated rings. The fourth-order valence-electron chi connectivity index (χ4n) is 4.08. The molecule has 7 nitrogen and oxygen atoms in total. The predicted octanol–water partition coefficient (Wildman–Crippen LogP) is 5.54. The topological polar surface area (TPSA) is 96.7 Å². The Morgan fingerprint density at radius 3 is 2.17 bits per heavy atom. The van der Waals surface area contributed by atoms with E-state index >= 15 is 0 Å². The van der Waals surface area contributed by atoms with Gasteiger partial charge < -0.3 is 25.9 Å². The summed E-state index contributed by atoms with van der Waals surface area (Å²) in [6, 6.07) is 14.3. The first-order valence-corrected chi connectivity index (χ1v) is 15.3. The summed E-state index contributed by atoms with van der Waals surface area (Å²) >= 11 is 4.46. The molecule has 0 bridgehead atoms. The second kappa shape index (κ2) is 23.9. The number of hydrogen-bond donors (Lipinski definition) is 3. The van der Waals surface area contributed by atoms with Crippen molar-refractivity contribution < 1.29 is 14.3 Å². The maximum absolute atomic E-state index is 11.3. The van der Waals surface area contributed by atoms with Gasteiger partial charge in [-0.1, -0.05) is 90.5 Å².